The van der Waals surface area contributed by atoms with Crippen molar-refractivity contribution in [2.45, 2.75) is 0 Å². The van der Waals surface area contributed by atoms with E-state index in [-0.39, 0.29) is 5.95 Å². The molecule has 0 amide bonds. The maximum atomic E-state index is 5.88. The zero-order chi connectivity index (χ0) is 16.2. The number of nitrogens with two attached hydrogens (primary N) is 1. The predicted octanol–water partition coefficient (Wildman–Crippen LogP) is 2.03. The summed E-state index contributed by atoms with van der Waals surface area (Å²) in [5.41, 5.74) is 6.85. The molecule has 0 saturated carbocycles. The molecule has 1 fully saturated rings. The molecular weight excluding hydrogens is 312 g/mol. The lowest BCUT2D eigenvalue weighted by Gasteiger charge is -2.32. The SMILES string of the molecule is CN1CCN(c2nc(N)nc(/C=C/c3ccc(Cl)cc3)n2)CC1. The highest BCUT2D eigenvalue weighted by molar-refractivity contribution is 6.30. The molecule has 0 aliphatic carbocycles. The van der Waals surface area contributed by atoms with E-state index >= 15 is 0 Å². The average Bonchev–Trinajstić information content (AvgIpc) is 2.54. The van der Waals surface area contributed by atoms with Crippen LogP contribution in [-0.2, 0) is 0 Å². The molecule has 1 aromatic heterocycles. The molecule has 0 radical (unpaired) electrons. The Kier molecular flexibility index (Phi) is 4.73. The second-order valence-electron chi connectivity index (χ2n) is 5.53. The molecule has 120 valence electrons. The lowest BCUT2D eigenvalue weighted by atomic mass is 10.2. The van der Waals surface area contributed by atoms with E-state index in [1.807, 2.05) is 36.4 Å². The van der Waals surface area contributed by atoms with E-state index in [0.29, 0.717) is 16.8 Å². The number of anilines is 2. The number of nitrogen functional groups attached to an aromatic ring is 1. The van der Waals surface area contributed by atoms with Gasteiger partial charge in [-0.15, -0.1) is 0 Å². The van der Waals surface area contributed by atoms with Crippen molar-refractivity contribution < 1.29 is 0 Å². The largest absolute Gasteiger partial charge is 0.368 e. The molecule has 1 saturated heterocycles. The van der Waals surface area contributed by atoms with Gasteiger partial charge in [0, 0.05) is 31.2 Å². The van der Waals surface area contributed by atoms with Crippen LogP contribution in [0.2, 0.25) is 5.02 Å². The van der Waals surface area contributed by atoms with Crippen LogP contribution in [0.4, 0.5) is 11.9 Å². The maximum Gasteiger partial charge on any atom is 0.230 e. The topological polar surface area (TPSA) is 71.2 Å². The van der Waals surface area contributed by atoms with E-state index in [1.165, 1.54) is 0 Å². The Morgan fingerprint density at radius 2 is 1.70 bits per heavy atom. The number of hydrogen-bond acceptors (Lipinski definition) is 6. The lowest BCUT2D eigenvalue weighted by Crippen LogP contribution is -2.45. The van der Waals surface area contributed by atoms with Crippen LogP contribution in [-0.4, -0.2) is 53.1 Å². The summed E-state index contributed by atoms with van der Waals surface area (Å²) in [7, 11) is 2.11. The first-order valence-corrected chi connectivity index (χ1v) is 7.87. The molecule has 0 spiro atoms. The third-order valence-electron chi connectivity index (χ3n) is 3.74. The van der Waals surface area contributed by atoms with Gasteiger partial charge in [0.2, 0.25) is 11.9 Å². The second-order valence-corrected chi connectivity index (χ2v) is 5.96. The van der Waals surface area contributed by atoms with Crippen molar-refractivity contribution in [2.24, 2.45) is 0 Å². The Hall–Kier alpha value is -2.18. The molecule has 0 bridgehead atoms. The number of piperazine rings is 1. The molecule has 0 unspecified atom stereocenters. The number of hydrogen-bond donors (Lipinski definition) is 1. The first kappa shape index (κ1) is 15.7. The summed E-state index contributed by atoms with van der Waals surface area (Å²) in [4.78, 5) is 17.4. The molecule has 2 N–H and O–H groups in total. The fourth-order valence-corrected chi connectivity index (χ4v) is 2.49. The summed E-state index contributed by atoms with van der Waals surface area (Å²) in [6.45, 7) is 3.75. The molecule has 1 aliphatic heterocycles. The zero-order valence-corrected chi connectivity index (χ0v) is 13.7. The fourth-order valence-electron chi connectivity index (χ4n) is 2.36. The molecule has 1 aliphatic rings. The molecule has 0 atom stereocenters. The second kappa shape index (κ2) is 6.93. The van der Waals surface area contributed by atoms with E-state index in [4.69, 9.17) is 17.3 Å². The quantitative estimate of drug-likeness (QED) is 0.928. The molecule has 2 aromatic rings. The number of likely N-dealkylation sites (N-methyl/N-ethyl adjacent to an activating group) is 1. The number of aromatic nitrogens is 3. The van der Waals surface area contributed by atoms with Gasteiger partial charge in [-0.1, -0.05) is 29.8 Å². The zero-order valence-electron chi connectivity index (χ0n) is 13.0. The van der Waals surface area contributed by atoms with Crippen LogP contribution in [0.15, 0.2) is 24.3 Å². The van der Waals surface area contributed by atoms with Crippen LogP contribution < -0.4 is 10.6 Å². The normalized spacial score (nSPS) is 16.2. The minimum atomic E-state index is 0.240. The molecule has 23 heavy (non-hydrogen) atoms. The van der Waals surface area contributed by atoms with Crippen molar-refractivity contribution in [1.82, 2.24) is 19.9 Å². The summed E-state index contributed by atoms with van der Waals surface area (Å²) in [5, 5.41) is 0.712. The standard InChI is InChI=1S/C16H19ClN6/c1-22-8-10-23(11-9-22)16-20-14(19-15(18)21-16)7-4-12-2-5-13(17)6-3-12/h2-7H,8-11H2,1H3,(H2,18,19,20,21)/b7-4+. The van der Waals surface area contributed by atoms with Crippen LogP contribution in [0.3, 0.4) is 0 Å². The average molecular weight is 331 g/mol. The van der Waals surface area contributed by atoms with Gasteiger partial charge in [0.1, 0.15) is 0 Å². The molecule has 2 heterocycles. The van der Waals surface area contributed by atoms with Gasteiger partial charge < -0.3 is 15.5 Å². The van der Waals surface area contributed by atoms with Gasteiger partial charge in [-0.3, -0.25) is 0 Å². The van der Waals surface area contributed by atoms with Crippen molar-refractivity contribution in [3.8, 4) is 0 Å². The van der Waals surface area contributed by atoms with Crippen molar-refractivity contribution in [1.29, 1.82) is 0 Å². The molecule has 1 aromatic carbocycles. The van der Waals surface area contributed by atoms with Gasteiger partial charge in [0.15, 0.2) is 5.82 Å². The van der Waals surface area contributed by atoms with E-state index in [2.05, 4.69) is 31.8 Å². The Balaban J connectivity index is 1.78. The van der Waals surface area contributed by atoms with Crippen LogP contribution in [0.5, 0.6) is 0 Å². The Morgan fingerprint density at radius 1 is 1.00 bits per heavy atom. The Morgan fingerprint density at radius 3 is 2.39 bits per heavy atom. The highest BCUT2D eigenvalue weighted by Gasteiger charge is 2.17. The van der Waals surface area contributed by atoms with Gasteiger partial charge in [-0.25, -0.2) is 0 Å². The van der Waals surface area contributed by atoms with Gasteiger partial charge in [0.05, 0.1) is 0 Å². The van der Waals surface area contributed by atoms with Gasteiger partial charge in [0.25, 0.3) is 0 Å². The highest BCUT2D eigenvalue weighted by Crippen LogP contribution is 2.15. The number of halogens is 1. The number of benzene rings is 1. The van der Waals surface area contributed by atoms with E-state index in [9.17, 15) is 0 Å². The Bertz CT molecular complexity index is 692. The van der Waals surface area contributed by atoms with Crippen molar-refractivity contribution in [3.63, 3.8) is 0 Å². The lowest BCUT2D eigenvalue weighted by molar-refractivity contribution is 0.311. The number of rotatable bonds is 3. The minimum absolute atomic E-state index is 0.240. The fraction of sp³-hybridized carbons (Fsp3) is 0.312. The summed E-state index contributed by atoms with van der Waals surface area (Å²) >= 11 is 5.88. The van der Waals surface area contributed by atoms with Crippen LogP contribution in [0.1, 0.15) is 11.4 Å². The van der Waals surface area contributed by atoms with E-state index < -0.39 is 0 Å². The molecular formula is C16H19ClN6. The summed E-state index contributed by atoms with van der Waals surface area (Å²) in [6.07, 6.45) is 3.76. The van der Waals surface area contributed by atoms with E-state index in [0.717, 1.165) is 31.7 Å². The van der Waals surface area contributed by atoms with Crippen LogP contribution >= 0.6 is 11.6 Å². The minimum Gasteiger partial charge on any atom is -0.368 e. The summed E-state index contributed by atoms with van der Waals surface area (Å²) in [6, 6.07) is 7.56. The first-order valence-electron chi connectivity index (χ1n) is 7.49. The molecule has 3 rings (SSSR count). The number of nitrogens with zero attached hydrogens (tertiary/aromatic N) is 5. The molecule has 6 nitrogen and oxygen atoms in total. The summed E-state index contributed by atoms with van der Waals surface area (Å²) in [5.74, 6) is 1.44. The van der Waals surface area contributed by atoms with Crippen molar-refractivity contribution in [3.05, 3.63) is 40.7 Å². The van der Waals surface area contributed by atoms with Gasteiger partial charge in [-0.05, 0) is 30.8 Å². The summed E-state index contributed by atoms with van der Waals surface area (Å²) < 4.78 is 0. The highest BCUT2D eigenvalue weighted by atomic mass is 35.5. The first-order chi connectivity index (χ1) is 11.1. The predicted molar refractivity (Wildman–Crippen MR) is 94.3 cm³/mol. The van der Waals surface area contributed by atoms with Crippen LogP contribution in [0, 0.1) is 0 Å². The third-order valence-corrected chi connectivity index (χ3v) is 3.99. The monoisotopic (exact) mass is 330 g/mol. The smallest absolute Gasteiger partial charge is 0.230 e. The Labute approximate surface area is 140 Å². The van der Waals surface area contributed by atoms with Crippen molar-refractivity contribution >= 4 is 35.6 Å². The van der Waals surface area contributed by atoms with Gasteiger partial charge in [-0.2, -0.15) is 15.0 Å². The molecule has 7 heteroatoms. The van der Waals surface area contributed by atoms with Crippen molar-refractivity contribution in [2.75, 3.05) is 43.9 Å². The van der Waals surface area contributed by atoms with E-state index in [1.54, 1.807) is 0 Å². The maximum absolute atomic E-state index is 5.88. The van der Waals surface area contributed by atoms with Crippen LogP contribution in [0.25, 0.3) is 12.2 Å². The third kappa shape index (κ3) is 4.18. The van der Waals surface area contributed by atoms with Gasteiger partial charge >= 0.3 is 0 Å².